The van der Waals surface area contributed by atoms with E-state index in [1.165, 1.54) is 16.7 Å². The summed E-state index contributed by atoms with van der Waals surface area (Å²) < 4.78 is 0. The fraction of sp³-hybridized carbons (Fsp3) is 0.412. The summed E-state index contributed by atoms with van der Waals surface area (Å²) in [7, 11) is 0. The van der Waals surface area contributed by atoms with E-state index in [1.54, 1.807) is 0 Å². The molecule has 1 aromatic heterocycles. The van der Waals surface area contributed by atoms with Gasteiger partial charge in [0.15, 0.2) is 0 Å². The van der Waals surface area contributed by atoms with E-state index >= 15 is 0 Å². The molecule has 1 aromatic carbocycles. The molecule has 0 aliphatic carbocycles. The van der Waals surface area contributed by atoms with Gasteiger partial charge in [-0.3, -0.25) is 0 Å². The lowest BCUT2D eigenvalue weighted by Crippen LogP contribution is -2.04. The van der Waals surface area contributed by atoms with Gasteiger partial charge in [-0.1, -0.05) is 24.1 Å². The van der Waals surface area contributed by atoms with Gasteiger partial charge in [0.25, 0.3) is 0 Å². The molecule has 2 rings (SSSR count). The van der Waals surface area contributed by atoms with Crippen molar-refractivity contribution in [2.75, 3.05) is 11.9 Å². The Kier molecular flexibility index (Phi) is 4.72. The van der Waals surface area contributed by atoms with Gasteiger partial charge in [0.05, 0.1) is 5.69 Å². The van der Waals surface area contributed by atoms with Crippen LogP contribution in [0.25, 0.3) is 11.3 Å². The third kappa shape index (κ3) is 3.56. The van der Waals surface area contributed by atoms with Gasteiger partial charge in [-0.25, -0.2) is 9.97 Å². The average Bonchev–Trinajstić information content (AvgIpc) is 2.38. The van der Waals surface area contributed by atoms with Crippen molar-refractivity contribution in [2.45, 2.75) is 40.5 Å². The highest BCUT2D eigenvalue weighted by Gasteiger charge is 2.07. The highest BCUT2D eigenvalue weighted by atomic mass is 15.0. The van der Waals surface area contributed by atoms with Crippen LogP contribution < -0.4 is 5.32 Å². The molecule has 0 radical (unpaired) electrons. The van der Waals surface area contributed by atoms with Gasteiger partial charge in [-0.2, -0.15) is 0 Å². The van der Waals surface area contributed by atoms with Crippen LogP contribution in [-0.4, -0.2) is 16.5 Å². The van der Waals surface area contributed by atoms with E-state index in [0.717, 1.165) is 36.7 Å². The molecule has 0 aliphatic rings. The summed E-state index contributed by atoms with van der Waals surface area (Å²) in [5, 5.41) is 3.29. The average molecular weight is 269 g/mol. The Morgan fingerprint density at radius 1 is 0.950 bits per heavy atom. The number of hydrogen-bond donors (Lipinski definition) is 1. The lowest BCUT2D eigenvalue weighted by atomic mass is 10.0. The van der Waals surface area contributed by atoms with Crippen LogP contribution in [0.1, 0.15) is 37.2 Å². The Hall–Kier alpha value is -1.90. The largest absolute Gasteiger partial charge is 0.370 e. The van der Waals surface area contributed by atoms with Gasteiger partial charge >= 0.3 is 0 Å². The van der Waals surface area contributed by atoms with E-state index in [0.29, 0.717) is 0 Å². The molecular weight excluding hydrogens is 246 g/mol. The molecule has 0 spiro atoms. The van der Waals surface area contributed by atoms with Gasteiger partial charge < -0.3 is 5.32 Å². The standard InChI is InChI=1S/C17H23N3/c1-5-7-16-19-15(11-17(20-16)18-6-2)14-9-12(3)8-13(4)10-14/h8-11H,5-7H2,1-4H3,(H,18,19,20). The molecule has 106 valence electrons. The second-order valence-electron chi connectivity index (χ2n) is 5.21. The molecule has 1 N–H and O–H groups in total. The minimum Gasteiger partial charge on any atom is -0.370 e. The van der Waals surface area contributed by atoms with E-state index in [1.807, 2.05) is 6.07 Å². The first-order valence-electron chi connectivity index (χ1n) is 7.33. The summed E-state index contributed by atoms with van der Waals surface area (Å²) in [6.07, 6.45) is 1.97. The molecule has 0 amide bonds. The smallest absolute Gasteiger partial charge is 0.131 e. The Bertz CT molecular complexity index is 546. The molecule has 0 aliphatic heterocycles. The zero-order chi connectivity index (χ0) is 14.5. The van der Waals surface area contributed by atoms with Crippen LogP contribution in [0, 0.1) is 13.8 Å². The molecule has 0 saturated heterocycles. The molecule has 0 atom stereocenters. The Morgan fingerprint density at radius 3 is 2.25 bits per heavy atom. The molecule has 3 heteroatoms. The van der Waals surface area contributed by atoms with Crippen molar-refractivity contribution in [1.82, 2.24) is 9.97 Å². The predicted molar refractivity (Wildman–Crippen MR) is 85.1 cm³/mol. The van der Waals surface area contributed by atoms with Crippen molar-refractivity contribution >= 4 is 5.82 Å². The molecule has 20 heavy (non-hydrogen) atoms. The van der Waals surface area contributed by atoms with Crippen molar-refractivity contribution in [1.29, 1.82) is 0 Å². The van der Waals surface area contributed by atoms with E-state index in [2.05, 4.69) is 56.2 Å². The molecule has 0 saturated carbocycles. The maximum Gasteiger partial charge on any atom is 0.131 e. The normalized spacial score (nSPS) is 10.6. The van der Waals surface area contributed by atoms with E-state index in [9.17, 15) is 0 Å². The number of rotatable bonds is 5. The monoisotopic (exact) mass is 269 g/mol. The second-order valence-corrected chi connectivity index (χ2v) is 5.21. The SMILES string of the molecule is CCCc1nc(NCC)cc(-c2cc(C)cc(C)c2)n1. The molecule has 0 fully saturated rings. The Morgan fingerprint density at radius 2 is 1.65 bits per heavy atom. The molecule has 1 heterocycles. The first-order chi connectivity index (χ1) is 9.62. The summed E-state index contributed by atoms with van der Waals surface area (Å²) in [5.74, 6) is 1.83. The quantitative estimate of drug-likeness (QED) is 0.886. The van der Waals surface area contributed by atoms with Crippen LogP contribution in [-0.2, 0) is 6.42 Å². The molecular formula is C17H23N3. The number of aromatic nitrogens is 2. The van der Waals surface area contributed by atoms with Gasteiger partial charge in [-0.05, 0) is 39.3 Å². The third-order valence-electron chi connectivity index (χ3n) is 3.12. The second kappa shape index (κ2) is 6.51. The van der Waals surface area contributed by atoms with Crippen LogP contribution in [0.3, 0.4) is 0 Å². The minimum atomic E-state index is 0.870. The molecule has 0 unspecified atom stereocenters. The highest BCUT2D eigenvalue weighted by Crippen LogP contribution is 2.23. The summed E-state index contributed by atoms with van der Waals surface area (Å²) in [6, 6.07) is 8.58. The number of nitrogens with zero attached hydrogens (tertiary/aromatic N) is 2. The van der Waals surface area contributed by atoms with Crippen molar-refractivity contribution in [2.24, 2.45) is 0 Å². The molecule has 3 nitrogen and oxygen atoms in total. The van der Waals surface area contributed by atoms with Crippen molar-refractivity contribution in [3.05, 3.63) is 41.2 Å². The van der Waals surface area contributed by atoms with E-state index in [4.69, 9.17) is 4.98 Å². The summed E-state index contributed by atoms with van der Waals surface area (Å²) in [5.41, 5.74) is 4.70. The lowest BCUT2D eigenvalue weighted by molar-refractivity contribution is 0.836. The summed E-state index contributed by atoms with van der Waals surface area (Å²) in [6.45, 7) is 9.35. The first kappa shape index (κ1) is 14.5. The van der Waals surface area contributed by atoms with Gasteiger partial charge in [0, 0.05) is 24.6 Å². The Labute approximate surface area is 121 Å². The number of benzene rings is 1. The highest BCUT2D eigenvalue weighted by molar-refractivity contribution is 5.64. The van der Waals surface area contributed by atoms with Crippen LogP contribution in [0.2, 0.25) is 0 Å². The topological polar surface area (TPSA) is 37.8 Å². The van der Waals surface area contributed by atoms with Crippen molar-refractivity contribution in [3.8, 4) is 11.3 Å². The first-order valence-corrected chi connectivity index (χ1v) is 7.33. The van der Waals surface area contributed by atoms with Crippen LogP contribution >= 0.6 is 0 Å². The van der Waals surface area contributed by atoms with Gasteiger partial charge in [0.2, 0.25) is 0 Å². The minimum absolute atomic E-state index is 0.870. The van der Waals surface area contributed by atoms with Gasteiger partial charge in [-0.15, -0.1) is 0 Å². The van der Waals surface area contributed by atoms with Crippen molar-refractivity contribution in [3.63, 3.8) is 0 Å². The van der Waals surface area contributed by atoms with Gasteiger partial charge in [0.1, 0.15) is 11.6 Å². The maximum absolute atomic E-state index is 4.71. The van der Waals surface area contributed by atoms with E-state index < -0.39 is 0 Å². The maximum atomic E-state index is 4.71. The zero-order valence-corrected chi connectivity index (χ0v) is 12.8. The van der Waals surface area contributed by atoms with Crippen molar-refractivity contribution < 1.29 is 0 Å². The summed E-state index contributed by atoms with van der Waals surface area (Å²) >= 11 is 0. The number of aryl methyl sites for hydroxylation is 3. The van der Waals surface area contributed by atoms with Crippen LogP contribution in [0.4, 0.5) is 5.82 Å². The number of nitrogens with one attached hydrogen (secondary N) is 1. The summed E-state index contributed by atoms with van der Waals surface area (Å²) in [4.78, 5) is 9.27. The van der Waals surface area contributed by atoms with E-state index in [-0.39, 0.29) is 0 Å². The van der Waals surface area contributed by atoms with Crippen LogP contribution in [0.5, 0.6) is 0 Å². The third-order valence-corrected chi connectivity index (χ3v) is 3.12. The fourth-order valence-corrected chi connectivity index (χ4v) is 2.37. The number of anilines is 1. The zero-order valence-electron chi connectivity index (χ0n) is 12.8. The lowest BCUT2D eigenvalue weighted by Gasteiger charge is -2.10. The predicted octanol–water partition coefficient (Wildman–Crippen LogP) is 4.14. The molecule has 0 bridgehead atoms. The van der Waals surface area contributed by atoms with Crippen LogP contribution in [0.15, 0.2) is 24.3 Å². The fourth-order valence-electron chi connectivity index (χ4n) is 2.37. The molecule has 2 aromatic rings. The number of hydrogen-bond acceptors (Lipinski definition) is 3. The Balaban J connectivity index is 2.48.